The predicted molar refractivity (Wildman–Crippen MR) is 88.6 cm³/mol. The second kappa shape index (κ2) is 6.98. The van der Waals surface area contributed by atoms with Gasteiger partial charge in [0.05, 0.1) is 11.3 Å². The number of pyridine rings is 2. The van der Waals surface area contributed by atoms with Crippen LogP contribution >= 0.6 is 0 Å². The lowest BCUT2D eigenvalue weighted by Gasteiger charge is -2.15. The first-order chi connectivity index (χ1) is 13.0. The maximum Gasteiger partial charge on any atom is 0.435 e. The number of carbonyl (C=O) groups is 1. The number of urea groups is 1. The third-order valence-corrected chi connectivity index (χ3v) is 3.55. The molecule has 2 N–H and O–H groups in total. The number of aromatic nitrogens is 2. The highest BCUT2D eigenvalue weighted by Gasteiger charge is 2.36. The quantitative estimate of drug-likeness (QED) is 0.573. The Balaban J connectivity index is 1.89. The Hall–Kier alpha value is -3.37. The molecule has 2 amide bonds. The van der Waals surface area contributed by atoms with Gasteiger partial charge in [-0.1, -0.05) is 6.07 Å². The molecule has 0 spiro atoms. The molecule has 0 aliphatic rings. The Morgan fingerprint density at radius 3 is 2.32 bits per heavy atom. The van der Waals surface area contributed by atoms with Gasteiger partial charge in [0.1, 0.15) is 0 Å². The van der Waals surface area contributed by atoms with Crippen LogP contribution in [0.2, 0.25) is 0 Å². The summed E-state index contributed by atoms with van der Waals surface area (Å²) in [6.07, 6.45) is -8.25. The van der Waals surface area contributed by atoms with Crippen molar-refractivity contribution in [2.24, 2.45) is 0 Å². The van der Waals surface area contributed by atoms with E-state index in [9.17, 15) is 31.1 Å². The molecule has 0 radical (unpaired) electrons. The van der Waals surface area contributed by atoms with Crippen molar-refractivity contribution in [2.75, 3.05) is 10.6 Å². The van der Waals surface area contributed by atoms with E-state index in [1.54, 1.807) is 0 Å². The minimum Gasteiger partial charge on any atom is -0.308 e. The predicted octanol–water partition coefficient (Wildman–Crippen LogP) is 5.31. The molecule has 0 aliphatic heterocycles. The van der Waals surface area contributed by atoms with E-state index in [4.69, 9.17) is 0 Å². The number of amides is 2. The lowest BCUT2D eigenvalue weighted by atomic mass is 10.2. The molecule has 0 fully saturated rings. The van der Waals surface area contributed by atoms with Crippen molar-refractivity contribution in [3.05, 3.63) is 59.9 Å². The van der Waals surface area contributed by atoms with Crippen molar-refractivity contribution in [1.82, 2.24) is 9.97 Å². The number of fused-ring (bicyclic) bond motifs is 1. The Bertz CT molecular complexity index is 1030. The molecule has 3 aromatic rings. The average molecular weight is 400 g/mol. The largest absolute Gasteiger partial charge is 0.435 e. The maximum absolute atomic E-state index is 13.3. The first-order valence-electron chi connectivity index (χ1n) is 7.62. The molecule has 0 saturated carbocycles. The second-order valence-electron chi connectivity index (χ2n) is 5.59. The molecule has 5 nitrogen and oxygen atoms in total. The molecule has 3 rings (SSSR count). The number of halogens is 6. The fourth-order valence-corrected chi connectivity index (χ4v) is 2.37. The van der Waals surface area contributed by atoms with Gasteiger partial charge in [0.2, 0.25) is 0 Å². The zero-order valence-corrected chi connectivity index (χ0v) is 13.7. The molecule has 146 valence electrons. The first kappa shape index (κ1) is 19.4. The molecule has 0 saturated heterocycles. The van der Waals surface area contributed by atoms with Crippen molar-refractivity contribution in [1.29, 1.82) is 0 Å². The van der Waals surface area contributed by atoms with Gasteiger partial charge in [-0.25, -0.2) is 14.8 Å². The minimum absolute atomic E-state index is 0.168. The molecule has 0 bridgehead atoms. The molecule has 0 unspecified atom stereocenters. The van der Waals surface area contributed by atoms with Crippen LogP contribution in [0.25, 0.3) is 11.0 Å². The highest BCUT2D eigenvalue weighted by molar-refractivity contribution is 6.01. The second-order valence-corrected chi connectivity index (χ2v) is 5.59. The number of rotatable bonds is 2. The highest BCUT2D eigenvalue weighted by atomic mass is 19.4. The summed E-state index contributed by atoms with van der Waals surface area (Å²) in [5, 5.41) is 4.28. The number of nitrogens with one attached hydrogen (secondary N) is 2. The normalized spacial score (nSPS) is 12.1. The molecule has 11 heteroatoms. The van der Waals surface area contributed by atoms with Gasteiger partial charge in [-0.15, -0.1) is 0 Å². The van der Waals surface area contributed by atoms with E-state index in [1.165, 1.54) is 24.4 Å². The van der Waals surface area contributed by atoms with Crippen LogP contribution in [-0.2, 0) is 12.4 Å². The van der Waals surface area contributed by atoms with Gasteiger partial charge in [-0.3, -0.25) is 0 Å². The summed E-state index contributed by atoms with van der Waals surface area (Å²) in [5.41, 5.74) is -3.45. The van der Waals surface area contributed by atoms with E-state index in [0.29, 0.717) is 6.07 Å². The zero-order valence-electron chi connectivity index (χ0n) is 13.7. The summed E-state index contributed by atoms with van der Waals surface area (Å²) in [6.45, 7) is 0. The van der Waals surface area contributed by atoms with Gasteiger partial charge in [0, 0.05) is 17.3 Å². The molecule has 2 heterocycles. The van der Waals surface area contributed by atoms with Gasteiger partial charge in [-0.2, -0.15) is 26.3 Å². The van der Waals surface area contributed by atoms with Crippen LogP contribution in [0.3, 0.4) is 0 Å². The van der Waals surface area contributed by atoms with Crippen LogP contribution < -0.4 is 10.6 Å². The summed E-state index contributed by atoms with van der Waals surface area (Å²) in [7, 11) is 0. The minimum atomic E-state index is -4.88. The number of hydrogen-bond donors (Lipinski definition) is 2. The molecular formula is C17H10F6N4O. The summed E-state index contributed by atoms with van der Waals surface area (Å²) in [4.78, 5) is 19.2. The van der Waals surface area contributed by atoms with E-state index >= 15 is 0 Å². The standard InChI is InChI=1S/C17H10F6N4O/c18-16(19,20)10-4-1-5-11(8-10)25-15(28)26-12-7-9-3-2-6-24-14(9)27-13(12)17(21,22)23/h1-8H,(H2,25,26,28). The van der Waals surface area contributed by atoms with Crippen LogP contribution in [0.4, 0.5) is 42.5 Å². The Labute approximate surface area is 153 Å². The number of anilines is 2. The number of carbonyl (C=O) groups excluding carboxylic acids is 1. The van der Waals surface area contributed by atoms with Gasteiger partial charge in [0.15, 0.2) is 11.3 Å². The first-order valence-corrected chi connectivity index (χ1v) is 7.62. The van der Waals surface area contributed by atoms with Gasteiger partial charge >= 0.3 is 18.4 Å². The average Bonchev–Trinajstić information content (AvgIpc) is 2.59. The topological polar surface area (TPSA) is 66.9 Å². The van der Waals surface area contributed by atoms with Crippen molar-refractivity contribution in [3.8, 4) is 0 Å². The molecule has 1 aromatic carbocycles. The number of nitrogens with zero attached hydrogens (tertiary/aromatic N) is 2. The van der Waals surface area contributed by atoms with Crippen LogP contribution in [0.5, 0.6) is 0 Å². The van der Waals surface area contributed by atoms with Crippen LogP contribution in [-0.4, -0.2) is 16.0 Å². The lowest BCUT2D eigenvalue weighted by molar-refractivity contribution is -0.140. The van der Waals surface area contributed by atoms with Gasteiger partial charge in [0.25, 0.3) is 0 Å². The van der Waals surface area contributed by atoms with E-state index in [0.717, 1.165) is 18.2 Å². The Kier molecular flexibility index (Phi) is 4.84. The molecule has 28 heavy (non-hydrogen) atoms. The third-order valence-electron chi connectivity index (χ3n) is 3.55. The van der Waals surface area contributed by atoms with Gasteiger partial charge in [-0.05, 0) is 36.4 Å². The fraction of sp³-hybridized carbons (Fsp3) is 0.118. The van der Waals surface area contributed by atoms with Crippen LogP contribution in [0.15, 0.2) is 48.7 Å². The molecule has 0 aliphatic carbocycles. The maximum atomic E-state index is 13.3. The molecular weight excluding hydrogens is 390 g/mol. The summed E-state index contributed by atoms with van der Waals surface area (Å²) >= 11 is 0. The Morgan fingerprint density at radius 1 is 0.893 bits per heavy atom. The van der Waals surface area contributed by atoms with E-state index in [1.807, 2.05) is 5.32 Å². The van der Waals surface area contributed by atoms with Crippen molar-refractivity contribution >= 4 is 28.4 Å². The monoisotopic (exact) mass is 400 g/mol. The van der Waals surface area contributed by atoms with E-state index < -0.39 is 35.3 Å². The van der Waals surface area contributed by atoms with Crippen molar-refractivity contribution in [2.45, 2.75) is 12.4 Å². The number of hydrogen-bond acceptors (Lipinski definition) is 3. The van der Waals surface area contributed by atoms with E-state index in [-0.39, 0.29) is 16.7 Å². The Morgan fingerprint density at radius 2 is 1.64 bits per heavy atom. The third kappa shape index (κ3) is 4.30. The highest BCUT2D eigenvalue weighted by Crippen LogP contribution is 2.35. The van der Waals surface area contributed by atoms with Gasteiger partial charge < -0.3 is 10.6 Å². The number of alkyl halides is 6. The molecule has 2 aromatic heterocycles. The summed E-state index contributed by atoms with van der Waals surface area (Å²) in [6, 6.07) is 6.48. The van der Waals surface area contributed by atoms with Crippen LogP contribution in [0.1, 0.15) is 11.3 Å². The summed E-state index contributed by atoms with van der Waals surface area (Å²) < 4.78 is 77.9. The lowest BCUT2D eigenvalue weighted by Crippen LogP contribution is -2.23. The smallest absolute Gasteiger partial charge is 0.308 e. The van der Waals surface area contributed by atoms with E-state index in [2.05, 4.69) is 15.3 Å². The zero-order chi connectivity index (χ0) is 20.5. The summed E-state index contributed by atoms with van der Waals surface area (Å²) in [5.74, 6) is 0. The fourth-order valence-electron chi connectivity index (χ4n) is 2.37. The van der Waals surface area contributed by atoms with Crippen LogP contribution in [0, 0.1) is 0 Å². The van der Waals surface area contributed by atoms with Crippen molar-refractivity contribution in [3.63, 3.8) is 0 Å². The number of benzene rings is 1. The molecule has 0 atom stereocenters. The SMILES string of the molecule is O=C(Nc1cccc(C(F)(F)F)c1)Nc1cc2cccnc2nc1C(F)(F)F. The van der Waals surface area contributed by atoms with Crippen molar-refractivity contribution < 1.29 is 31.1 Å².